The van der Waals surface area contributed by atoms with Gasteiger partial charge in [0.25, 0.3) is 11.8 Å². The topological polar surface area (TPSA) is 59.0 Å². The van der Waals surface area contributed by atoms with Gasteiger partial charge in [0, 0.05) is 5.56 Å². The minimum absolute atomic E-state index is 0.346. The molecule has 0 fully saturated rings. The van der Waals surface area contributed by atoms with Gasteiger partial charge >= 0.3 is 0 Å². The lowest BCUT2D eigenvalue weighted by atomic mass is 10.1. The number of nitrogens with zero attached hydrogens (tertiary/aromatic N) is 2. The van der Waals surface area contributed by atoms with Crippen LogP contribution in [0, 0.1) is 6.92 Å². The summed E-state index contributed by atoms with van der Waals surface area (Å²) < 4.78 is 5.83. The van der Waals surface area contributed by atoms with Gasteiger partial charge in [0.05, 0.1) is 16.3 Å². The van der Waals surface area contributed by atoms with E-state index < -0.39 is 11.8 Å². The molecule has 0 aromatic heterocycles. The fourth-order valence-corrected chi connectivity index (χ4v) is 3.50. The quantitative estimate of drug-likeness (QED) is 0.376. The minimum atomic E-state index is -0.466. The van der Waals surface area contributed by atoms with Crippen molar-refractivity contribution in [3.8, 4) is 5.75 Å². The highest BCUT2D eigenvalue weighted by Crippen LogP contribution is 2.28. The number of carbonyl (C=O) groups excluding carboxylic acids is 2. The molecular formula is C26H21ClN2O3. The molecule has 0 radical (unpaired) electrons. The van der Waals surface area contributed by atoms with E-state index in [4.69, 9.17) is 16.3 Å². The van der Waals surface area contributed by atoms with Gasteiger partial charge in [-0.2, -0.15) is 10.1 Å². The second kappa shape index (κ2) is 9.20. The predicted octanol–water partition coefficient (Wildman–Crippen LogP) is 5.67. The number of hydrogen-bond donors (Lipinski definition) is 0. The first kappa shape index (κ1) is 21.5. The Kier molecular flexibility index (Phi) is 6.19. The molecule has 0 aliphatic carbocycles. The molecule has 1 heterocycles. The number of ether oxygens (including phenoxy) is 1. The van der Waals surface area contributed by atoms with E-state index >= 15 is 0 Å². The molecule has 3 aromatic rings. The molecule has 0 bridgehead atoms. The zero-order chi connectivity index (χ0) is 22.7. The molecule has 160 valence electrons. The Hall–Kier alpha value is -3.70. The molecule has 32 heavy (non-hydrogen) atoms. The van der Waals surface area contributed by atoms with Gasteiger partial charge in [-0.3, -0.25) is 9.59 Å². The van der Waals surface area contributed by atoms with Gasteiger partial charge in [-0.25, -0.2) is 0 Å². The number of carbonyl (C=O) groups is 2. The Bertz CT molecular complexity index is 1230. The predicted molar refractivity (Wildman–Crippen MR) is 126 cm³/mol. The molecule has 2 amide bonds. The van der Waals surface area contributed by atoms with Gasteiger partial charge in [-0.15, -0.1) is 0 Å². The van der Waals surface area contributed by atoms with E-state index in [1.165, 1.54) is 5.56 Å². The van der Waals surface area contributed by atoms with E-state index in [1.54, 1.807) is 55.5 Å². The van der Waals surface area contributed by atoms with Crippen molar-refractivity contribution in [2.24, 2.45) is 5.10 Å². The zero-order valence-electron chi connectivity index (χ0n) is 17.7. The number of halogens is 1. The maximum absolute atomic E-state index is 12.8. The van der Waals surface area contributed by atoms with Crippen LogP contribution in [0.25, 0.3) is 6.08 Å². The number of amides is 2. The van der Waals surface area contributed by atoms with Crippen LogP contribution in [0.4, 0.5) is 0 Å². The Morgan fingerprint density at radius 3 is 2.44 bits per heavy atom. The second-order valence-corrected chi connectivity index (χ2v) is 7.90. The number of imide groups is 1. The van der Waals surface area contributed by atoms with Crippen LogP contribution in [-0.2, 0) is 11.4 Å². The van der Waals surface area contributed by atoms with Gasteiger partial charge in [-0.05, 0) is 55.3 Å². The van der Waals surface area contributed by atoms with Gasteiger partial charge in [0.2, 0.25) is 0 Å². The second-order valence-electron chi connectivity index (χ2n) is 7.50. The number of aryl methyl sites for hydroxylation is 1. The van der Waals surface area contributed by atoms with Crippen LogP contribution >= 0.6 is 11.6 Å². The molecule has 4 rings (SSSR count). The first-order valence-corrected chi connectivity index (χ1v) is 10.5. The molecule has 1 aliphatic rings. The van der Waals surface area contributed by atoms with Crippen molar-refractivity contribution in [3.05, 3.63) is 106 Å². The Balaban J connectivity index is 1.49. The molecule has 6 heteroatoms. The lowest BCUT2D eigenvalue weighted by molar-refractivity contribution is -0.123. The summed E-state index contributed by atoms with van der Waals surface area (Å²) in [6, 6.07) is 22.0. The molecule has 5 nitrogen and oxygen atoms in total. The standard InChI is InChI=1S/C26H21ClN2O3/c1-17-8-10-19(11-9-17)16-32-24-13-12-20(15-23(24)27)14-22-18(2)28-29(26(22)31)25(30)21-6-4-3-5-7-21/h3-15H,16H2,1-2H3/b22-14+. The highest BCUT2D eigenvalue weighted by Gasteiger charge is 2.32. The smallest absolute Gasteiger partial charge is 0.283 e. The maximum atomic E-state index is 12.8. The molecule has 0 N–H and O–H groups in total. The number of rotatable bonds is 5. The van der Waals surface area contributed by atoms with Crippen LogP contribution in [0.15, 0.2) is 83.5 Å². The van der Waals surface area contributed by atoms with Crippen molar-refractivity contribution in [3.63, 3.8) is 0 Å². The lowest BCUT2D eigenvalue weighted by Crippen LogP contribution is -2.29. The number of hydrogen-bond acceptors (Lipinski definition) is 4. The molecule has 0 spiro atoms. The lowest BCUT2D eigenvalue weighted by Gasteiger charge is -2.10. The summed E-state index contributed by atoms with van der Waals surface area (Å²) in [7, 11) is 0. The average molecular weight is 445 g/mol. The summed E-state index contributed by atoms with van der Waals surface area (Å²) in [4.78, 5) is 25.5. The van der Waals surface area contributed by atoms with Crippen molar-refractivity contribution in [2.45, 2.75) is 20.5 Å². The van der Waals surface area contributed by atoms with Gasteiger partial charge in [-0.1, -0.05) is 65.7 Å². The zero-order valence-corrected chi connectivity index (χ0v) is 18.5. The molecule has 0 saturated heterocycles. The number of hydrazone groups is 1. The van der Waals surface area contributed by atoms with Crippen molar-refractivity contribution < 1.29 is 14.3 Å². The van der Waals surface area contributed by atoms with Crippen molar-refractivity contribution >= 4 is 35.2 Å². The van der Waals surface area contributed by atoms with E-state index in [1.807, 2.05) is 37.3 Å². The SMILES string of the molecule is CC1=NN(C(=O)c2ccccc2)C(=O)/C1=C/c1ccc(OCc2ccc(C)cc2)c(Cl)c1. The van der Waals surface area contributed by atoms with Crippen LogP contribution in [0.3, 0.4) is 0 Å². The van der Waals surface area contributed by atoms with E-state index in [2.05, 4.69) is 5.10 Å². The summed E-state index contributed by atoms with van der Waals surface area (Å²) in [6.45, 7) is 4.14. The molecule has 3 aromatic carbocycles. The monoisotopic (exact) mass is 444 g/mol. The van der Waals surface area contributed by atoms with E-state index in [0.717, 1.165) is 10.6 Å². The fraction of sp³-hybridized carbons (Fsp3) is 0.115. The van der Waals surface area contributed by atoms with E-state index in [9.17, 15) is 9.59 Å². The highest BCUT2D eigenvalue weighted by molar-refractivity contribution is 6.33. The minimum Gasteiger partial charge on any atom is -0.487 e. The van der Waals surface area contributed by atoms with Crippen LogP contribution in [0.1, 0.15) is 34.0 Å². The fourth-order valence-electron chi connectivity index (χ4n) is 3.26. The van der Waals surface area contributed by atoms with Crippen LogP contribution < -0.4 is 4.74 Å². The maximum Gasteiger partial charge on any atom is 0.283 e. The van der Waals surface area contributed by atoms with E-state index in [0.29, 0.717) is 39.8 Å². The van der Waals surface area contributed by atoms with E-state index in [-0.39, 0.29) is 0 Å². The van der Waals surface area contributed by atoms with Crippen LogP contribution in [-0.4, -0.2) is 22.5 Å². The summed E-state index contributed by atoms with van der Waals surface area (Å²) in [5.41, 5.74) is 4.16. The summed E-state index contributed by atoms with van der Waals surface area (Å²) in [5, 5.41) is 5.49. The first-order chi connectivity index (χ1) is 15.4. The summed E-state index contributed by atoms with van der Waals surface area (Å²) in [6.07, 6.45) is 1.68. The third-order valence-corrected chi connectivity index (χ3v) is 5.35. The molecule has 0 atom stereocenters. The van der Waals surface area contributed by atoms with Gasteiger partial charge in [0.15, 0.2) is 0 Å². The van der Waals surface area contributed by atoms with Gasteiger partial charge < -0.3 is 4.74 Å². The largest absolute Gasteiger partial charge is 0.487 e. The molecular weight excluding hydrogens is 424 g/mol. The Morgan fingerprint density at radius 2 is 1.75 bits per heavy atom. The van der Waals surface area contributed by atoms with Crippen molar-refractivity contribution in [1.82, 2.24) is 5.01 Å². The third-order valence-electron chi connectivity index (χ3n) is 5.06. The molecule has 0 saturated carbocycles. The van der Waals surface area contributed by atoms with Crippen LogP contribution in [0.2, 0.25) is 5.02 Å². The third kappa shape index (κ3) is 4.63. The Morgan fingerprint density at radius 1 is 1.03 bits per heavy atom. The van der Waals surface area contributed by atoms with Gasteiger partial charge in [0.1, 0.15) is 12.4 Å². The number of benzene rings is 3. The normalized spacial score (nSPS) is 14.6. The summed E-state index contributed by atoms with van der Waals surface area (Å²) in [5.74, 6) is -0.373. The molecule has 0 unspecified atom stereocenters. The summed E-state index contributed by atoms with van der Waals surface area (Å²) >= 11 is 6.40. The van der Waals surface area contributed by atoms with Crippen molar-refractivity contribution in [1.29, 1.82) is 0 Å². The van der Waals surface area contributed by atoms with Crippen molar-refractivity contribution in [2.75, 3.05) is 0 Å². The van der Waals surface area contributed by atoms with Crippen LogP contribution in [0.5, 0.6) is 5.75 Å². The average Bonchev–Trinajstić information content (AvgIpc) is 3.08. The molecule has 1 aliphatic heterocycles. The highest BCUT2D eigenvalue weighted by atomic mass is 35.5. The first-order valence-electron chi connectivity index (χ1n) is 10.1. The Labute approximate surface area is 191 Å².